The average molecular weight is 424 g/mol. The Balaban J connectivity index is 1.62. The zero-order chi connectivity index (χ0) is 22.8. The van der Waals surface area contributed by atoms with Gasteiger partial charge in [0, 0.05) is 12.0 Å². The van der Waals surface area contributed by atoms with Gasteiger partial charge in [-0.15, -0.1) is 0 Å². The molecule has 7 nitrogen and oxygen atoms in total. The summed E-state index contributed by atoms with van der Waals surface area (Å²) in [5.74, 6) is -2.32. The molecule has 0 saturated heterocycles. The highest BCUT2D eigenvalue weighted by atomic mass is 16.5. The van der Waals surface area contributed by atoms with E-state index in [1.54, 1.807) is 20.8 Å². The third-order valence-corrected chi connectivity index (χ3v) is 5.82. The van der Waals surface area contributed by atoms with E-state index in [9.17, 15) is 14.4 Å². The summed E-state index contributed by atoms with van der Waals surface area (Å²) in [6.45, 7) is 6.35. The Kier molecular flexibility index (Phi) is 6.34. The van der Waals surface area contributed by atoms with Crippen molar-refractivity contribution in [2.24, 2.45) is 5.92 Å². The highest BCUT2D eigenvalue weighted by molar-refractivity contribution is 5.89. The lowest BCUT2D eigenvalue weighted by atomic mass is 9.98. The monoisotopic (exact) mass is 424 g/mol. The first kappa shape index (κ1) is 22.3. The molecule has 2 atom stereocenters. The molecule has 3 rings (SSSR count). The maximum Gasteiger partial charge on any atom is 0.408 e. The molecule has 2 aromatic carbocycles. The predicted molar refractivity (Wildman–Crippen MR) is 117 cm³/mol. The summed E-state index contributed by atoms with van der Waals surface area (Å²) >= 11 is 0. The van der Waals surface area contributed by atoms with E-state index < -0.39 is 35.5 Å². The molecule has 1 aliphatic rings. The van der Waals surface area contributed by atoms with Crippen LogP contribution in [0.4, 0.5) is 4.79 Å². The Hall–Kier alpha value is -3.35. The van der Waals surface area contributed by atoms with E-state index in [0.717, 1.165) is 22.3 Å². The van der Waals surface area contributed by atoms with Gasteiger partial charge >= 0.3 is 12.1 Å². The summed E-state index contributed by atoms with van der Waals surface area (Å²) in [7, 11) is 0. The second kappa shape index (κ2) is 8.79. The highest BCUT2D eigenvalue weighted by Gasteiger charge is 2.34. The molecule has 0 radical (unpaired) electrons. The van der Waals surface area contributed by atoms with Gasteiger partial charge in [0.05, 0.1) is 5.92 Å². The molecule has 0 aromatic heterocycles. The van der Waals surface area contributed by atoms with Crippen LogP contribution in [0.3, 0.4) is 0 Å². The summed E-state index contributed by atoms with van der Waals surface area (Å²) in [6.07, 6.45) is -0.707. The second-order valence-electron chi connectivity index (χ2n) is 8.46. The number of carboxylic acid groups (broad SMARTS) is 1. The van der Waals surface area contributed by atoms with Crippen LogP contribution in [-0.2, 0) is 14.3 Å². The highest BCUT2D eigenvalue weighted by Crippen LogP contribution is 2.44. The van der Waals surface area contributed by atoms with Crippen LogP contribution in [0.25, 0.3) is 11.1 Å². The number of fused-ring (bicyclic) bond motifs is 3. The van der Waals surface area contributed by atoms with Gasteiger partial charge < -0.3 is 20.5 Å². The van der Waals surface area contributed by atoms with E-state index in [4.69, 9.17) is 9.84 Å². The lowest BCUT2D eigenvalue weighted by Crippen LogP contribution is -2.57. The van der Waals surface area contributed by atoms with Gasteiger partial charge in [-0.3, -0.25) is 9.59 Å². The van der Waals surface area contributed by atoms with Crippen molar-refractivity contribution in [3.63, 3.8) is 0 Å². The number of amides is 2. The number of carbonyl (C=O) groups excluding carboxylic acids is 2. The van der Waals surface area contributed by atoms with Crippen molar-refractivity contribution in [2.75, 3.05) is 6.61 Å². The number of benzene rings is 2. The van der Waals surface area contributed by atoms with Gasteiger partial charge in [0.2, 0.25) is 5.91 Å². The van der Waals surface area contributed by atoms with Crippen LogP contribution in [0.5, 0.6) is 0 Å². The van der Waals surface area contributed by atoms with Crippen molar-refractivity contribution in [3.05, 3.63) is 59.7 Å². The molecule has 0 saturated carbocycles. The third kappa shape index (κ3) is 4.71. The smallest absolute Gasteiger partial charge is 0.408 e. The van der Waals surface area contributed by atoms with Crippen molar-refractivity contribution >= 4 is 18.0 Å². The number of ether oxygens (including phenoxy) is 1. The predicted octanol–water partition coefficient (Wildman–Crippen LogP) is 3.53. The molecule has 0 bridgehead atoms. The number of carboxylic acids is 1. The molecule has 0 heterocycles. The Morgan fingerprint density at radius 1 is 1.00 bits per heavy atom. The minimum absolute atomic E-state index is 0.0773. The maximum atomic E-state index is 12.6. The van der Waals surface area contributed by atoms with Crippen LogP contribution in [0, 0.1) is 5.92 Å². The SMILES string of the molecule is CC(NC(=O)C(C)(C)NC(=O)OCC1c2ccccc2-c2ccccc21)C(C)C(=O)O. The van der Waals surface area contributed by atoms with E-state index in [0.29, 0.717) is 0 Å². The van der Waals surface area contributed by atoms with Gasteiger partial charge in [-0.25, -0.2) is 4.79 Å². The molecular weight excluding hydrogens is 396 g/mol. The maximum absolute atomic E-state index is 12.6. The fraction of sp³-hybridized carbons (Fsp3) is 0.375. The van der Waals surface area contributed by atoms with E-state index in [2.05, 4.69) is 22.8 Å². The van der Waals surface area contributed by atoms with Gasteiger partial charge in [0.15, 0.2) is 0 Å². The van der Waals surface area contributed by atoms with Gasteiger partial charge in [0.1, 0.15) is 12.1 Å². The largest absolute Gasteiger partial charge is 0.481 e. The first-order valence-electron chi connectivity index (χ1n) is 10.3. The minimum atomic E-state index is -1.27. The van der Waals surface area contributed by atoms with Gasteiger partial charge in [0.25, 0.3) is 0 Å². The summed E-state index contributed by atoms with van der Waals surface area (Å²) in [4.78, 5) is 36.1. The molecule has 0 spiro atoms. The van der Waals surface area contributed by atoms with Crippen molar-refractivity contribution in [3.8, 4) is 11.1 Å². The van der Waals surface area contributed by atoms with Crippen LogP contribution in [0.1, 0.15) is 44.7 Å². The second-order valence-corrected chi connectivity index (χ2v) is 8.46. The molecule has 0 aliphatic heterocycles. The van der Waals surface area contributed by atoms with Crippen molar-refractivity contribution in [1.82, 2.24) is 10.6 Å². The number of hydrogen-bond acceptors (Lipinski definition) is 4. The fourth-order valence-electron chi connectivity index (χ4n) is 3.67. The van der Waals surface area contributed by atoms with Crippen LogP contribution >= 0.6 is 0 Å². The standard InChI is InChI=1S/C24H28N2O5/c1-14(21(27)28)15(2)25-22(29)24(3,4)26-23(30)31-13-20-18-11-7-5-9-16(18)17-10-6-8-12-19(17)20/h5-12,14-15,20H,13H2,1-4H3,(H,25,29)(H,26,30)(H,27,28). The first-order chi connectivity index (χ1) is 14.6. The molecule has 3 N–H and O–H groups in total. The molecule has 1 aliphatic carbocycles. The van der Waals surface area contributed by atoms with Gasteiger partial charge in [-0.1, -0.05) is 48.5 Å². The molecule has 0 fully saturated rings. The normalized spacial score (nSPS) is 14.7. The molecule has 7 heteroatoms. The lowest BCUT2D eigenvalue weighted by Gasteiger charge is -2.28. The van der Waals surface area contributed by atoms with Crippen LogP contribution < -0.4 is 10.6 Å². The minimum Gasteiger partial charge on any atom is -0.481 e. The molecular formula is C24H28N2O5. The van der Waals surface area contributed by atoms with Crippen molar-refractivity contribution in [2.45, 2.75) is 45.2 Å². The van der Waals surface area contributed by atoms with Crippen LogP contribution in [0.15, 0.2) is 48.5 Å². The van der Waals surface area contributed by atoms with Crippen LogP contribution in [-0.4, -0.2) is 41.3 Å². The number of carbonyl (C=O) groups is 3. The quantitative estimate of drug-likeness (QED) is 0.631. The van der Waals surface area contributed by atoms with E-state index >= 15 is 0 Å². The lowest BCUT2D eigenvalue weighted by molar-refractivity contribution is -0.142. The molecule has 2 aromatic rings. The summed E-state index contributed by atoms with van der Waals surface area (Å²) in [6, 6.07) is 15.5. The van der Waals surface area contributed by atoms with E-state index in [1.807, 2.05) is 36.4 Å². The number of nitrogens with one attached hydrogen (secondary N) is 2. The summed E-state index contributed by atoms with van der Waals surface area (Å²) in [5, 5.41) is 14.3. The van der Waals surface area contributed by atoms with E-state index in [-0.39, 0.29) is 12.5 Å². The topological polar surface area (TPSA) is 105 Å². The Labute approximate surface area is 181 Å². The summed E-state index contributed by atoms with van der Waals surface area (Å²) < 4.78 is 5.49. The van der Waals surface area contributed by atoms with Crippen LogP contribution in [0.2, 0.25) is 0 Å². The van der Waals surface area contributed by atoms with Gasteiger partial charge in [-0.05, 0) is 49.9 Å². The zero-order valence-electron chi connectivity index (χ0n) is 18.1. The number of alkyl carbamates (subject to hydrolysis) is 1. The molecule has 164 valence electrons. The van der Waals surface area contributed by atoms with Gasteiger partial charge in [-0.2, -0.15) is 0 Å². The Morgan fingerprint density at radius 3 is 2.03 bits per heavy atom. The first-order valence-corrected chi connectivity index (χ1v) is 10.3. The van der Waals surface area contributed by atoms with E-state index in [1.165, 1.54) is 6.92 Å². The average Bonchev–Trinajstić information content (AvgIpc) is 3.05. The van der Waals surface area contributed by atoms with Crippen molar-refractivity contribution < 1.29 is 24.2 Å². The Morgan fingerprint density at radius 2 is 1.52 bits per heavy atom. The number of hydrogen-bond donors (Lipinski definition) is 3. The van der Waals surface area contributed by atoms with Crippen molar-refractivity contribution in [1.29, 1.82) is 0 Å². The summed E-state index contributed by atoms with van der Waals surface area (Å²) in [5.41, 5.74) is 3.20. The number of aliphatic carboxylic acids is 1. The third-order valence-electron chi connectivity index (χ3n) is 5.82. The number of rotatable bonds is 7. The zero-order valence-corrected chi connectivity index (χ0v) is 18.1. The molecule has 2 unspecified atom stereocenters. The molecule has 2 amide bonds. The fourth-order valence-corrected chi connectivity index (χ4v) is 3.67. The molecule has 31 heavy (non-hydrogen) atoms. The Bertz CT molecular complexity index is 955.